The maximum absolute atomic E-state index is 6.15. The Morgan fingerprint density at radius 1 is 1.32 bits per heavy atom. The van der Waals surface area contributed by atoms with Crippen LogP contribution in [0.25, 0.3) is 10.9 Å². The number of hydrogen-bond donors (Lipinski definition) is 1. The van der Waals surface area contributed by atoms with Crippen molar-refractivity contribution in [3.8, 4) is 0 Å². The quantitative estimate of drug-likeness (QED) is 0.927. The lowest BCUT2D eigenvalue weighted by Gasteiger charge is -2.27. The van der Waals surface area contributed by atoms with Gasteiger partial charge in [0.05, 0.1) is 5.52 Å². The number of nitrogens with one attached hydrogen (secondary N) is 1. The molecule has 0 saturated carbocycles. The highest BCUT2D eigenvalue weighted by Gasteiger charge is 2.13. The number of hydrogen-bond acceptors (Lipinski definition) is 3. The first-order chi connectivity index (χ1) is 9.25. The molecule has 0 amide bonds. The van der Waals surface area contributed by atoms with Gasteiger partial charge in [-0.2, -0.15) is 5.10 Å². The molecule has 3 rings (SSSR count). The zero-order chi connectivity index (χ0) is 13.2. The van der Waals surface area contributed by atoms with Crippen molar-refractivity contribution in [2.45, 2.75) is 6.42 Å². The molecule has 0 atom stereocenters. The van der Waals surface area contributed by atoms with E-state index in [4.69, 9.17) is 11.6 Å². The van der Waals surface area contributed by atoms with Gasteiger partial charge < -0.3 is 10.2 Å². The largest absolute Gasteiger partial charge is 0.314 e. The second-order valence-corrected chi connectivity index (χ2v) is 5.43. The predicted octanol–water partition coefficient (Wildman–Crippen LogP) is 1.67. The van der Waals surface area contributed by atoms with Crippen LogP contribution in [0.4, 0.5) is 0 Å². The molecule has 1 aromatic carbocycles. The second kappa shape index (κ2) is 5.49. The summed E-state index contributed by atoms with van der Waals surface area (Å²) < 4.78 is 1.89. The van der Waals surface area contributed by atoms with E-state index < -0.39 is 0 Å². The van der Waals surface area contributed by atoms with Crippen molar-refractivity contribution in [2.75, 3.05) is 32.7 Å². The molecule has 1 fully saturated rings. The molecule has 2 heterocycles. The molecule has 0 spiro atoms. The summed E-state index contributed by atoms with van der Waals surface area (Å²) in [5, 5.41) is 9.34. The summed E-state index contributed by atoms with van der Waals surface area (Å²) in [4.78, 5) is 2.51. The van der Waals surface area contributed by atoms with Gasteiger partial charge in [0.1, 0.15) is 0 Å². The molecule has 19 heavy (non-hydrogen) atoms. The minimum atomic E-state index is 0.599. The first-order valence-electron chi connectivity index (χ1n) is 6.79. The number of aromatic nitrogens is 2. The van der Waals surface area contributed by atoms with E-state index in [0.29, 0.717) is 5.15 Å². The van der Waals surface area contributed by atoms with Crippen LogP contribution in [0.3, 0.4) is 0 Å². The van der Waals surface area contributed by atoms with Crippen molar-refractivity contribution < 1.29 is 0 Å². The Kier molecular flexibility index (Phi) is 3.73. The molecule has 5 heteroatoms. The van der Waals surface area contributed by atoms with Crippen LogP contribution in [0.15, 0.2) is 18.2 Å². The highest BCUT2D eigenvalue weighted by atomic mass is 35.5. The topological polar surface area (TPSA) is 33.1 Å². The SMILES string of the molecule is Cn1nc(Cl)c2cccc(CCN3CCNCC3)c21. The van der Waals surface area contributed by atoms with E-state index in [0.717, 1.165) is 44.5 Å². The van der Waals surface area contributed by atoms with E-state index >= 15 is 0 Å². The van der Waals surface area contributed by atoms with Gasteiger partial charge in [0.25, 0.3) is 0 Å². The molecule has 2 aromatic rings. The number of fused-ring (bicyclic) bond motifs is 1. The molecular formula is C14H19ClN4. The molecule has 1 N–H and O–H groups in total. The maximum Gasteiger partial charge on any atom is 0.158 e. The number of rotatable bonds is 3. The van der Waals surface area contributed by atoms with E-state index in [1.807, 2.05) is 17.8 Å². The summed E-state index contributed by atoms with van der Waals surface area (Å²) in [6, 6.07) is 6.30. The normalized spacial score (nSPS) is 17.2. The van der Waals surface area contributed by atoms with Gasteiger partial charge in [0, 0.05) is 45.2 Å². The average molecular weight is 279 g/mol. The summed E-state index contributed by atoms with van der Waals surface area (Å²) in [5.74, 6) is 0. The Bertz CT molecular complexity index is 572. The number of nitrogens with zero attached hydrogens (tertiary/aromatic N) is 3. The Morgan fingerprint density at radius 2 is 2.11 bits per heavy atom. The molecular weight excluding hydrogens is 260 g/mol. The lowest BCUT2D eigenvalue weighted by atomic mass is 10.1. The number of para-hydroxylation sites is 1. The third-order valence-corrected chi connectivity index (χ3v) is 4.09. The van der Waals surface area contributed by atoms with Crippen LogP contribution in [0.5, 0.6) is 0 Å². The second-order valence-electron chi connectivity index (χ2n) is 5.07. The van der Waals surface area contributed by atoms with Gasteiger partial charge in [-0.15, -0.1) is 0 Å². The van der Waals surface area contributed by atoms with E-state index in [2.05, 4.69) is 27.4 Å². The van der Waals surface area contributed by atoms with Gasteiger partial charge in [-0.25, -0.2) is 0 Å². The first kappa shape index (κ1) is 12.9. The molecule has 1 aliphatic rings. The molecule has 1 saturated heterocycles. The van der Waals surface area contributed by atoms with Gasteiger partial charge in [-0.1, -0.05) is 23.7 Å². The van der Waals surface area contributed by atoms with Crippen LogP contribution in [0.1, 0.15) is 5.56 Å². The van der Waals surface area contributed by atoms with E-state index in [1.54, 1.807) is 0 Å². The number of piperazine rings is 1. The zero-order valence-corrected chi connectivity index (χ0v) is 12.0. The van der Waals surface area contributed by atoms with E-state index in [-0.39, 0.29) is 0 Å². The molecule has 102 valence electrons. The summed E-state index contributed by atoms with van der Waals surface area (Å²) in [6.45, 7) is 5.58. The van der Waals surface area contributed by atoms with Crippen molar-refractivity contribution >= 4 is 22.5 Å². The van der Waals surface area contributed by atoms with Crippen LogP contribution in [0, 0.1) is 0 Å². The van der Waals surface area contributed by atoms with Crippen LogP contribution in [0.2, 0.25) is 5.15 Å². The van der Waals surface area contributed by atoms with E-state index in [1.165, 1.54) is 11.1 Å². The van der Waals surface area contributed by atoms with Gasteiger partial charge in [-0.3, -0.25) is 4.68 Å². The van der Waals surface area contributed by atoms with Gasteiger partial charge in [0.2, 0.25) is 0 Å². The van der Waals surface area contributed by atoms with Crippen molar-refractivity contribution in [3.63, 3.8) is 0 Å². The Morgan fingerprint density at radius 3 is 2.89 bits per heavy atom. The maximum atomic E-state index is 6.15. The van der Waals surface area contributed by atoms with Crippen LogP contribution >= 0.6 is 11.6 Å². The van der Waals surface area contributed by atoms with Crippen LogP contribution in [-0.4, -0.2) is 47.4 Å². The minimum absolute atomic E-state index is 0.599. The fourth-order valence-electron chi connectivity index (χ4n) is 2.79. The summed E-state index contributed by atoms with van der Waals surface area (Å²) in [6.07, 6.45) is 1.05. The standard InChI is InChI=1S/C14H19ClN4/c1-18-13-11(3-2-4-12(13)14(15)17-18)5-8-19-9-6-16-7-10-19/h2-4,16H,5-10H2,1H3. The molecule has 0 radical (unpaired) electrons. The van der Waals surface area contributed by atoms with Gasteiger partial charge in [0.15, 0.2) is 5.15 Å². The lowest BCUT2D eigenvalue weighted by molar-refractivity contribution is 0.244. The Balaban J connectivity index is 1.80. The van der Waals surface area contributed by atoms with Gasteiger partial charge in [-0.05, 0) is 18.1 Å². The van der Waals surface area contributed by atoms with Crippen molar-refractivity contribution in [2.24, 2.45) is 7.05 Å². The summed E-state index contributed by atoms with van der Waals surface area (Å²) in [5.41, 5.74) is 2.50. The Labute approximate surface area is 118 Å². The average Bonchev–Trinajstić information content (AvgIpc) is 2.74. The molecule has 0 bridgehead atoms. The molecule has 1 aromatic heterocycles. The number of halogens is 1. The van der Waals surface area contributed by atoms with Crippen LogP contribution in [-0.2, 0) is 13.5 Å². The highest BCUT2D eigenvalue weighted by Crippen LogP contribution is 2.25. The van der Waals surface area contributed by atoms with Crippen molar-refractivity contribution in [3.05, 3.63) is 28.9 Å². The monoisotopic (exact) mass is 278 g/mol. The third kappa shape index (κ3) is 2.61. The third-order valence-electron chi connectivity index (χ3n) is 3.81. The molecule has 0 unspecified atom stereocenters. The molecule has 0 aliphatic carbocycles. The van der Waals surface area contributed by atoms with Crippen LogP contribution < -0.4 is 5.32 Å². The minimum Gasteiger partial charge on any atom is -0.314 e. The molecule has 1 aliphatic heterocycles. The van der Waals surface area contributed by atoms with Gasteiger partial charge >= 0.3 is 0 Å². The number of benzene rings is 1. The lowest BCUT2D eigenvalue weighted by Crippen LogP contribution is -2.44. The predicted molar refractivity (Wildman–Crippen MR) is 78.7 cm³/mol. The van der Waals surface area contributed by atoms with E-state index in [9.17, 15) is 0 Å². The fourth-order valence-corrected chi connectivity index (χ4v) is 3.06. The smallest absolute Gasteiger partial charge is 0.158 e. The fraction of sp³-hybridized carbons (Fsp3) is 0.500. The zero-order valence-electron chi connectivity index (χ0n) is 11.2. The highest BCUT2D eigenvalue weighted by molar-refractivity contribution is 6.34. The Hall–Kier alpha value is -1.10. The number of aryl methyl sites for hydroxylation is 1. The molecule has 4 nitrogen and oxygen atoms in total. The first-order valence-corrected chi connectivity index (χ1v) is 7.16. The van der Waals surface area contributed by atoms with Crippen molar-refractivity contribution in [1.82, 2.24) is 20.0 Å². The summed E-state index contributed by atoms with van der Waals surface area (Å²) in [7, 11) is 1.96. The van der Waals surface area contributed by atoms with Crippen molar-refractivity contribution in [1.29, 1.82) is 0 Å². The summed E-state index contributed by atoms with van der Waals surface area (Å²) >= 11 is 6.15.